The molecule has 25 heavy (non-hydrogen) atoms. The molecule has 2 rings (SSSR count). The maximum atomic E-state index is 12.8. The predicted molar refractivity (Wildman–Crippen MR) is 99.4 cm³/mol. The number of carbonyl (C=O) groups excluding carboxylic acids is 1. The van der Waals surface area contributed by atoms with Crippen LogP contribution in [-0.2, 0) is 0 Å². The van der Waals surface area contributed by atoms with E-state index in [1.54, 1.807) is 23.2 Å². The zero-order chi connectivity index (χ0) is 18.2. The van der Waals surface area contributed by atoms with E-state index in [-0.39, 0.29) is 11.9 Å². The van der Waals surface area contributed by atoms with Crippen molar-refractivity contribution in [3.8, 4) is 0 Å². The van der Waals surface area contributed by atoms with Crippen molar-refractivity contribution in [1.29, 1.82) is 0 Å². The molecule has 0 spiro atoms. The summed E-state index contributed by atoms with van der Waals surface area (Å²) in [5.74, 6) is -0.276. The number of nitrogens with zero attached hydrogens (tertiary/aromatic N) is 4. The van der Waals surface area contributed by atoms with Crippen LogP contribution in [0.1, 0.15) is 35.5 Å². The molecule has 0 radical (unpaired) electrons. The normalized spacial score (nSPS) is 11.0. The minimum Gasteiger partial charge on any atom is -0.369 e. The van der Waals surface area contributed by atoms with Crippen LogP contribution in [-0.4, -0.2) is 40.6 Å². The Bertz CT molecular complexity index is 777. The van der Waals surface area contributed by atoms with Crippen LogP contribution in [0, 0.1) is 0 Å². The van der Waals surface area contributed by atoms with E-state index < -0.39 is 0 Å². The molecule has 0 fully saturated rings. The predicted octanol–water partition coefficient (Wildman–Crippen LogP) is 1.59. The van der Waals surface area contributed by atoms with Gasteiger partial charge >= 0.3 is 0 Å². The summed E-state index contributed by atoms with van der Waals surface area (Å²) in [5.41, 5.74) is 12.9. The zero-order valence-corrected chi connectivity index (χ0v) is 14.4. The monoisotopic (exact) mass is 338 g/mol. The van der Waals surface area contributed by atoms with Crippen molar-refractivity contribution in [1.82, 2.24) is 9.88 Å². The van der Waals surface area contributed by atoms with Crippen molar-refractivity contribution in [2.24, 2.45) is 21.7 Å². The van der Waals surface area contributed by atoms with Crippen LogP contribution in [0.4, 0.5) is 0 Å². The number of hydrogen-bond donors (Lipinski definition) is 2. The van der Waals surface area contributed by atoms with Crippen molar-refractivity contribution in [3.05, 3.63) is 65.5 Å². The van der Waals surface area contributed by atoms with Crippen molar-refractivity contribution in [2.45, 2.75) is 13.8 Å². The molecule has 1 aromatic carbocycles. The summed E-state index contributed by atoms with van der Waals surface area (Å²) in [6.45, 7) is 5.08. The lowest BCUT2D eigenvalue weighted by atomic mass is 10.0. The minimum atomic E-state index is -0.166. The van der Waals surface area contributed by atoms with E-state index in [9.17, 15) is 4.79 Å². The number of pyridine rings is 1. The molecule has 1 amide bonds. The van der Waals surface area contributed by atoms with Gasteiger partial charge in [0.1, 0.15) is 11.4 Å². The minimum absolute atomic E-state index is 0.110. The van der Waals surface area contributed by atoms with Gasteiger partial charge in [0.25, 0.3) is 5.91 Å². The maximum absolute atomic E-state index is 12.8. The van der Waals surface area contributed by atoms with Crippen molar-refractivity contribution < 1.29 is 4.79 Å². The first-order valence-electron chi connectivity index (χ1n) is 8.05. The molecule has 0 aliphatic rings. The first kappa shape index (κ1) is 18.1. The molecular weight excluding hydrogens is 316 g/mol. The summed E-state index contributed by atoms with van der Waals surface area (Å²) in [5, 5.41) is 7.90. The van der Waals surface area contributed by atoms with E-state index in [4.69, 9.17) is 11.5 Å². The summed E-state index contributed by atoms with van der Waals surface area (Å²) in [6, 6.07) is 12.8. The first-order chi connectivity index (χ1) is 12.1. The van der Waals surface area contributed by atoms with Gasteiger partial charge in [-0.05, 0) is 26.0 Å². The number of nitrogens with two attached hydrogens (primary N) is 2. The fourth-order valence-corrected chi connectivity index (χ4v) is 2.39. The van der Waals surface area contributed by atoms with Crippen molar-refractivity contribution in [2.75, 3.05) is 13.1 Å². The number of rotatable bonds is 6. The summed E-state index contributed by atoms with van der Waals surface area (Å²) in [7, 11) is 0. The Morgan fingerprint density at radius 2 is 1.72 bits per heavy atom. The Morgan fingerprint density at radius 1 is 1.04 bits per heavy atom. The average molecular weight is 338 g/mol. The molecule has 0 aliphatic carbocycles. The van der Waals surface area contributed by atoms with Crippen molar-refractivity contribution >= 4 is 17.6 Å². The molecule has 1 heterocycles. The number of amides is 1. The third-order valence-electron chi connectivity index (χ3n) is 3.63. The molecule has 2 aromatic rings. The molecule has 7 nitrogen and oxygen atoms in total. The number of benzene rings is 1. The standard InChI is InChI=1S/C18H22N6O/c1-3-24(4-2)17(25)14-11-8-12-21-16(14)15(22-23-18(19)20)13-9-6-5-7-10-13/h5-12H,3-4H2,1-2H3,(H4,19,20,23)/b22-15-. The summed E-state index contributed by atoms with van der Waals surface area (Å²) < 4.78 is 0. The second-order valence-corrected chi connectivity index (χ2v) is 5.22. The molecule has 7 heteroatoms. The van der Waals surface area contributed by atoms with Crippen LogP contribution >= 0.6 is 0 Å². The average Bonchev–Trinajstić information content (AvgIpc) is 2.64. The van der Waals surface area contributed by atoms with Gasteiger partial charge in [-0.25, -0.2) is 0 Å². The van der Waals surface area contributed by atoms with Gasteiger partial charge in [0.15, 0.2) is 0 Å². The van der Waals surface area contributed by atoms with Crippen LogP contribution in [0.3, 0.4) is 0 Å². The quantitative estimate of drug-likeness (QED) is 0.473. The topological polar surface area (TPSA) is 110 Å². The second-order valence-electron chi connectivity index (χ2n) is 5.22. The number of carbonyl (C=O) groups is 1. The summed E-state index contributed by atoms with van der Waals surface area (Å²) in [4.78, 5) is 18.9. The van der Waals surface area contributed by atoms with E-state index in [2.05, 4.69) is 15.2 Å². The molecule has 0 atom stereocenters. The van der Waals surface area contributed by atoms with E-state index in [1.807, 2.05) is 44.2 Å². The van der Waals surface area contributed by atoms with Crippen LogP contribution in [0.25, 0.3) is 0 Å². The lowest BCUT2D eigenvalue weighted by Crippen LogP contribution is -2.32. The molecule has 0 aliphatic heterocycles. The lowest BCUT2D eigenvalue weighted by Gasteiger charge is -2.20. The van der Waals surface area contributed by atoms with Crippen LogP contribution in [0.5, 0.6) is 0 Å². The van der Waals surface area contributed by atoms with Crippen molar-refractivity contribution in [3.63, 3.8) is 0 Å². The SMILES string of the molecule is CCN(CC)C(=O)c1cccnc1/C(=N\N=C(N)N)c1ccccc1. The zero-order valence-electron chi connectivity index (χ0n) is 14.4. The van der Waals surface area contributed by atoms with Crippen LogP contribution in [0.15, 0.2) is 58.9 Å². The van der Waals surface area contributed by atoms with E-state index in [1.165, 1.54) is 0 Å². The Balaban J connectivity index is 2.61. The molecular formula is C18H22N6O. The van der Waals surface area contributed by atoms with Gasteiger partial charge in [0.2, 0.25) is 5.96 Å². The van der Waals surface area contributed by atoms with Crippen LogP contribution < -0.4 is 11.5 Å². The van der Waals surface area contributed by atoms with E-state index in [0.717, 1.165) is 5.56 Å². The van der Waals surface area contributed by atoms with Gasteiger partial charge < -0.3 is 16.4 Å². The largest absolute Gasteiger partial charge is 0.369 e. The molecule has 0 saturated carbocycles. The fourth-order valence-electron chi connectivity index (χ4n) is 2.39. The highest BCUT2D eigenvalue weighted by Gasteiger charge is 2.21. The maximum Gasteiger partial charge on any atom is 0.256 e. The molecule has 4 N–H and O–H groups in total. The summed E-state index contributed by atoms with van der Waals surface area (Å²) >= 11 is 0. The van der Waals surface area contributed by atoms with Crippen LogP contribution in [0.2, 0.25) is 0 Å². The highest BCUT2D eigenvalue weighted by atomic mass is 16.2. The van der Waals surface area contributed by atoms with Gasteiger partial charge in [-0.3, -0.25) is 9.78 Å². The van der Waals surface area contributed by atoms with Gasteiger partial charge in [-0.2, -0.15) is 0 Å². The number of guanidine groups is 1. The molecule has 0 saturated heterocycles. The number of hydrogen-bond acceptors (Lipinski definition) is 4. The molecule has 1 aromatic heterocycles. The molecule has 130 valence electrons. The van der Waals surface area contributed by atoms with E-state index >= 15 is 0 Å². The highest BCUT2D eigenvalue weighted by Crippen LogP contribution is 2.16. The van der Waals surface area contributed by atoms with Gasteiger partial charge in [-0.15, -0.1) is 10.2 Å². The molecule has 0 unspecified atom stereocenters. The summed E-state index contributed by atoms with van der Waals surface area (Å²) in [6.07, 6.45) is 1.61. The Hall–Kier alpha value is -3.22. The van der Waals surface area contributed by atoms with Gasteiger partial charge in [-0.1, -0.05) is 30.3 Å². The lowest BCUT2D eigenvalue weighted by molar-refractivity contribution is 0.0772. The Morgan fingerprint density at radius 3 is 2.32 bits per heavy atom. The van der Waals surface area contributed by atoms with Gasteiger partial charge in [0.05, 0.1) is 5.56 Å². The Kier molecular flexibility index (Phi) is 6.22. The fraction of sp³-hybridized carbons (Fsp3) is 0.222. The number of aromatic nitrogens is 1. The smallest absolute Gasteiger partial charge is 0.256 e. The third kappa shape index (κ3) is 4.41. The Labute approximate surface area is 147 Å². The third-order valence-corrected chi connectivity index (χ3v) is 3.63. The first-order valence-corrected chi connectivity index (χ1v) is 8.05. The molecule has 0 bridgehead atoms. The van der Waals surface area contributed by atoms with Gasteiger partial charge in [0, 0.05) is 24.8 Å². The second kappa shape index (κ2) is 8.58. The van der Waals surface area contributed by atoms with E-state index in [0.29, 0.717) is 30.1 Å². The highest BCUT2D eigenvalue weighted by molar-refractivity contribution is 6.17.